The molecule has 1 fully saturated rings. The lowest BCUT2D eigenvalue weighted by Crippen LogP contribution is -2.38. The maximum Gasteiger partial charge on any atom is 0.267 e. The number of piperidine rings is 1. The molecule has 1 N–H and O–H groups in total. The summed E-state index contributed by atoms with van der Waals surface area (Å²) in [5.41, 5.74) is 0.705. The summed E-state index contributed by atoms with van der Waals surface area (Å²) in [4.78, 5) is 35.6. The first-order valence-corrected chi connectivity index (χ1v) is 11.3. The Balaban J connectivity index is 1.32. The Bertz CT molecular complexity index is 1180. The molecule has 0 spiro atoms. The molecule has 1 unspecified atom stereocenters. The zero-order valence-corrected chi connectivity index (χ0v) is 19.0. The van der Waals surface area contributed by atoms with E-state index in [1.807, 2.05) is 0 Å². The third kappa shape index (κ3) is 5.75. The maximum atomic E-state index is 13.2. The van der Waals surface area contributed by atoms with Crippen molar-refractivity contribution in [2.24, 2.45) is 0 Å². The van der Waals surface area contributed by atoms with Gasteiger partial charge in [0.25, 0.3) is 5.56 Å². The van der Waals surface area contributed by atoms with Crippen molar-refractivity contribution in [1.82, 2.24) is 25.1 Å². The predicted molar refractivity (Wildman–Crippen MR) is 125 cm³/mol. The predicted octanol–water partition coefficient (Wildman–Crippen LogP) is 2.59. The monoisotopic (exact) mass is 466 g/mol. The molecule has 0 aliphatic carbocycles. The zero-order valence-electron chi connectivity index (χ0n) is 19.0. The number of anilines is 1. The molecular formula is C24H27FN6O3. The third-order valence-corrected chi connectivity index (χ3v) is 5.67. The van der Waals surface area contributed by atoms with Crippen LogP contribution in [0.1, 0.15) is 32.2 Å². The Morgan fingerprint density at radius 2 is 1.88 bits per heavy atom. The highest BCUT2D eigenvalue weighted by Gasteiger charge is 2.18. The van der Waals surface area contributed by atoms with Gasteiger partial charge in [0, 0.05) is 30.8 Å². The topological polar surface area (TPSA) is 102 Å². The number of carbonyl (C=O) groups excluding carboxylic acids is 1. The normalized spacial score (nSPS) is 14.5. The van der Waals surface area contributed by atoms with Gasteiger partial charge in [-0.05, 0) is 56.5 Å². The molecule has 1 atom stereocenters. The molecule has 3 heterocycles. The molecule has 4 rings (SSSR count). The van der Waals surface area contributed by atoms with E-state index in [0.29, 0.717) is 17.1 Å². The molecule has 34 heavy (non-hydrogen) atoms. The molecule has 0 radical (unpaired) electrons. The minimum absolute atomic E-state index is 0.215. The fourth-order valence-corrected chi connectivity index (χ4v) is 3.77. The Morgan fingerprint density at radius 3 is 2.65 bits per heavy atom. The molecule has 10 heteroatoms. The maximum absolute atomic E-state index is 13.2. The van der Waals surface area contributed by atoms with Crippen molar-refractivity contribution in [3.8, 4) is 17.1 Å². The number of hydrogen-bond donors (Lipinski definition) is 1. The summed E-state index contributed by atoms with van der Waals surface area (Å²) < 4.78 is 20.0. The number of carbonyl (C=O) groups is 1. The van der Waals surface area contributed by atoms with Gasteiger partial charge in [-0.2, -0.15) is 5.10 Å². The summed E-state index contributed by atoms with van der Waals surface area (Å²) in [6.45, 7) is 3.99. The first-order chi connectivity index (χ1) is 16.5. The highest BCUT2D eigenvalue weighted by atomic mass is 19.1. The van der Waals surface area contributed by atoms with Gasteiger partial charge in [0.2, 0.25) is 11.8 Å². The number of nitrogens with one attached hydrogen (secondary N) is 1. The molecule has 9 nitrogen and oxygen atoms in total. The highest BCUT2D eigenvalue weighted by molar-refractivity contribution is 5.79. The summed E-state index contributed by atoms with van der Waals surface area (Å²) in [6, 6.07) is 9.62. The Kier molecular flexibility index (Phi) is 7.46. The Hall–Kier alpha value is -3.82. The van der Waals surface area contributed by atoms with Gasteiger partial charge in [-0.1, -0.05) is 0 Å². The summed E-state index contributed by atoms with van der Waals surface area (Å²) in [5, 5.41) is 7.05. The van der Waals surface area contributed by atoms with Crippen molar-refractivity contribution in [2.45, 2.75) is 32.2 Å². The first kappa shape index (κ1) is 23.3. The minimum atomic E-state index is -0.836. The summed E-state index contributed by atoms with van der Waals surface area (Å²) in [5.74, 6) is 0.555. The summed E-state index contributed by atoms with van der Waals surface area (Å²) in [7, 11) is 0. The van der Waals surface area contributed by atoms with Crippen LogP contribution >= 0.6 is 0 Å². The molecule has 0 saturated carbocycles. The number of nitrogens with zero attached hydrogens (tertiary/aromatic N) is 5. The average molecular weight is 467 g/mol. The van der Waals surface area contributed by atoms with Gasteiger partial charge in [0.1, 0.15) is 30.6 Å². The van der Waals surface area contributed by atoms with E-state index in [1.54, 1.807) is 31.2 Å². The van der Waals surface area contributed by atoms with Crippen LogP contribution in [-0.2, 0) is 4.79 Å². The van der Waals surface area contributed by atoms with Crippen LogP contribution in [0.15, 0.2) is 53.6 Å². The molecular weight excluding hydrogens is 439 g/mol. The average Bonchev–Trinajstić information content (AvgIpc) is 2.87. The number of ether oxygens (including phenoxy) is 1. The SMILES string of the molecule is CC(C(=O)NCCOc1cc(N2CCCCC2)ncn1)n1nc(-c2ccc(F)cc2)ccc1=O. The molecule has 178 valence electrons. The van der Waals surface area contributed by atoms with Gasteiger partial charge in [-0.25, -0.2) is 19.0 Å². The van der Waals surface area contributed by atoms with Gasteiger partial charge >= 0.3 is 0 Å². The molecule has 1 aliphatic rings. The van der Waals surface area contributed by atoms with E-state index in [4.69, 9.17) is 4.74 Å². The van der Waals surface area contributed by atoms with E-state index < -0.39 is 11.6 Å². The molecule has 1 saturated heterocycles. The minimum Gasteiger partial charge on any atom is -0.476 e. The number of halogens is 1. The van der Waals surface area contributed by atoms with E-state index in [2.05, 4.69) is 25.3 Å². The van der Waals surface area contributed by atoms with Crippen LogP contribution < -0.4 is 20.5 Å². The Labute approximate surface area is 196 Å². The van der Waals surface area contributed by atoms with Crippen LogP contribution in [0.3, 0.4) is 0 Å². The number of amides is 1. The van der Waals surface area contributed by atoms with Crippen molar-refractivity contribution in [3.05, 3.63) is 65.0 Å². The first-order valence-electron chi connectivity index (χ1n) is 11.3. The highest BCUT2D eigenvalue weighted by Crippen LogP contribution is 2.20. The fraction of sp³-hybridized carbons (Fsp3) is 0.375. The second kappa shape index (κ2) is 10.9. The van der Waals surface area contributed by atoms with E-state index in [1.165, 1.54) is 30.9 Å². The largest absolute Gasteiger partial charge is 0.476 e. The quantitative estimate of drug-likeness (QED) is 0.509. The lowest BCUT2D eigenvalue weighted by atomic mass is 10.1. The van der Waals surface area contributed by atoms with Crippen molar-refractivity contribution >= 4 is 11.7 Å². The summed E-state index contributed by atoms with van der Waals surface area (Å²) in [6.07, 6.45) is 5.01. The van der Waals surface area contributed by atoms with E-state index in [9.17, 15) is 14.0 Å². The van der Waals surface area contributed by atoms with Crippen LogP contribution in [0, 0.1) is 5.82 Å². The molecule has 1 aromatic carbocycles. The molecule has 0 bridgehead atoms. The lowest BCUT2D eigenvalue weighted by Gasteiger charge is -2.27. The van der Waals surface area contributed by atoms with Crippen molar-refractivity contribution in [3.63, 3.8) is 0 Å². The summed E-state index contributed by atoms with van der Waals surface area (Å²) >= 11 is 0. The van der Waals surface area contributed by atoms with Gasteiger partial charge in [-0.3, -0.25) is 9.59 Å². The number of rotatable bonds is 8. The van der Waals surface area contributed by atoms with Crippen LogP contribution in [0.25, 0.3) is 11.3 Å². The smallest absolute Gasteiger partial charge is 0.267 e. The van der Waals surface area contributed by atoms with Crippen molar-refractivity contribution < 1.29 is 13.9 Å². The van der Waals surface area contributed by atoms with Gasteiger partial charge in [0.15, 0.2) is 0 Å². The van der Waals surface area contributed by atoms with E-state index in [-0.39, 0.29) is 24.9 Å². The second-order valence-electron chi connectivity index (χ2n) is 8.09. The molecule has 3 aromatic rings. The number of benzene rings is 1. The lowest BCUT2D eigenvalue weighted by molar-refractivity contribution is -0.124. The molecule has 2 aromatic heterocycles. The number of hydrogen-bond acceptors (Lipinski definition) is 7. The van der Waals surface area contributed by atoms with E-state index in [0.717, 1.165) is 36.4 Å². The second-order valence-corrected chi connectivity index (χ2v) is 8.09. The molecule has 1 aliphatic heterocycles. The molecule has 1 amide bonds. The van der Waals surface area contributed by atoms with Crippen LogP contribution in [-0.4, -0.2) is 51.9 Å². The van der Waals surface area contributed by atoms with Crippen LogP contribution in [0.4, 0.5) is 10.2 Å². The van der Waals surface area contributed by atoms with Gasteiger partial charge < -0.3 is 15.0 Å². The van der Waals surface area contributed by atoms with Gasteiger partial charge in [-0.15, -0.1) is 0 Å². The third-order valence-electron chi connectivity index (χ3n) is 5.67. The number of aromatic nitrogens is 4. The standard InChI is InChI=1S/C24H27FN6O3/c1-17(31-23(32)10-9-20(29-31)18-5-7-19(25)8-6-18)24(33)26-11-14-34-22-15-21(27-16-28-22)30-12-3-2-4-13-30/h5-10,15-17H,2-4,11-14H2,1H3,(H,26,33). The van der Waals surface area contributed by atoms with Crippen LogP contribution in [0.2, 0.25) is 0 Å². The van der Waals surface area contributed by atoms with Crippen LogP contribution in [0.5, 0.6) is 5.88 Å². The fourth-order valence-electron chi connectivity index (χ4n) is 3.77. The Morgan fingerprint density at radius 1 is 1.12 bits per heavy atom. The van der Waals surface area contributed by atoms with Crippen molar-refractivity contribution in [1.29, 1.82) is 0 Å². The van der Waals surface area contributed by atoms with Crippen molar-refractivity contribution in [2.75, 3.05) is 31.1 Å². The zero-order chi connectivity index (χ0) is 23.9. The van der Waals surface area contributed by atoms with Gasteiger partial charge in [0.05, 0.1) is 12.2 Å². The van der Waals surface area contributed by atoms with E-state index >= 15 is 0 Å².